The molecule has 0 spiro atoms. The number of amides is 1. The molecule has 3 N–H and O–H groups in total. The Morgan fingerprint density at radius 2 is 1.64 bits per heavy atom. The molecule has 0 bridgehead atoms. The van der Waals surface area contributed by atoms with Gasteiger partial charge in [0.1, 0.15) is 11.6 Å². The van der Waals surface area contributed by atoms with Crippen LogP contribution >= 0.6 is 0 Å². The summed E-state index contributed by atoms with van der Waals surface area (Å²) in [4.78, 5) is 12.5. The van der Waals surface area contributed by atoms with Gasteiger partial charge in [-0.1, -0.05) is 60.7 Å². The number of nitrogens with one attached hydrogen (secondary N) is 2. The van der Waals surface area contributed by atoms with Crippen molar-refractivity contribution in [3.05, 3.63) is 83.6 Å². The van der Waals surface area contributed by atoms with Crippen molar-refractivity contribution in [1.82, 2.24) is 10.6 Å². The van der Waals surface area contributed by atoms with Crippen molar-refractivity contribution in [2.75, 3.05) is 13.2 Å². The minimum Gasteiger partial charge on any atom is -0.396 e. The molecule has 5 nitrogen and oxygen atoms in total. The highest BCUT2D eigenvalue weighted by Crippen LogP contribution is 2.22. The molecule has 0 aliphatic rings. The molecular formula is C20H21N3O2. The standard InChI is InChI=1S/C20H21N3O2/c21-14-18(15-22-12-7-13-24)20(25)23-19(16-8-3-1-4-9-16)17-10-5-2-6-11-17/h1-6,8-11,15,19,22,24H,7,12-13H2,(H,23,25)/b18-15-. The van der Waals surface area contributed by atoms with E-state index in [0.29, 0.717) is 13.0 Å². The summed E-state index contributed by atoms with van der Waals surface area (Å²) in [6.07, 6.45) is 1.94. The number of rotatable bonds is 8. The maximum atomic E-state index is 12.5. The Hall–Kier alpha value is -3.10. The van der Waals surface area contributed by atoms with Crippen LogP contribution in [0.25, 0.3) is 0 Å². The molecule has 1 amide bonds. The summed E-state index contributed by atoms with van der Waals surface area (Å²) >= 11 is 0. The van der Waals surface area contributed by atoms with E-state index in [-0.39, 0.29) is 18.2 Å². The Labute approximate surface area is 147 Å². The zero-order chi connectivity index (χ0) is 17.9. The average molecular weight is 335 g/mol. The Morgan fingerprint density at radius 1 is 1.08 bits per heavy atom. The molecule has 0 aliphatic heterocycles. The van der Waals surface area contributed by atoms with Crippen LogP contribution in [0.5, 0.6) is 0 Å². The fourth-order valence-electron chi connectivity index (χ4n) is 2.36. The fourth-order valence-corrected chi connectivity index (χ4v) is 2.36. The molecule has 2 aromatic carbocycles. The van der Waals surface area contributed by atoms with Crippen molar-refractivity contribution in [3.63, 3.8) is 0 Å². The molecule has 0 atom stereocenters. The van der Waals surface area contributed by atoms with Gasteiger partial charge in [-0.25, -0.2) is 0 Å². The molecule has 2 rings (SSSR count). The normalized spacial score (nSPS) is 11.0. The van der Waals surface area contributed by atoms with E-state index in [2.05, 4.69) is 10.6 Å². The van der Waals surface area contributed by atoms with Gasteiger partial charge in [0.2, 0.25) is 0 Å². The number of hydrogen-bond donors (Lipinski definition) is 3. The Bertz CT molecular complexity index is 697. The van der Waals surface area contributed by atoms with Gasteiger partial charge in [-0.3, -0.25) is 4.79 Å². The maximum absolute atomic E-state index is 12.5. The Kier molecular flexibility index (Phi) is 7.23. The zero-order valence-corrected chi connectivity index (χ0v) is 13.9. The number of aliphatic hydroxyl groups is 1. The van der Waals surface area contributed by atoms with Gasteiger partial charge in [0, 0.05) is 19.4 Å². The molecule has 2 aromatic rings. The molecular weight excluding hydrogens is 314 g/mol. The lowest BCUT2D eigenvalue weighted by Crippen LogP contribution is -2.31. The Morgan fingerprint density at radius 3 is 2.12 bits per heavy atom. The lowest BCUT2D eigenvalue weighted by Gasteiger charge is -2.19. The summed E-state index contributed by atoms with van der Waals surface area (Å²) in [7, 11) is 0. The second-order valence-corrected chi connectivity index (χ2v) is 5.43. The minimum atomic E-state index is -0.447. The van der Waals surface area contributed by atoms with Crippen LogP contribution in [0, 0.1) is 11.3 Å². The summed E-state index contributed by atoms with van der Waals surface area (Å²) in [6, 6.07) is 20.8. The molecule has 25 heavy (non-hydrogen) atoms. The first-order valence-electron chi connectivity index (χ1n) is 8.11. The highest BCUT2D eigenvalue weighted by molar-refractivity contribution is 5.97. The van der Waals surface area contributed by atoms with Gasteiger partial charge in [-0.2, -0.15) is 5.26 Å². The lowest BCUT2D eigenvalue weighted by molar-refractivity contribution is -0.117. The van der Waals surface area contributed by atoms with Crippen LogP contribution in [0.1, 0.15) is 23.6 Å². The van der Waals surface area contributed by atoms with Gasteiger partial charge in [0.05, 0.1) is 6.04 Å². The molecule has 0 radical (unpaired) electrons. The third-order valence-electron chi connectivity index (χ3n) is 3.63. The second kappa shape index (κ2) is 9.91. The molecule has 0 fully saturated rings. The van der Waals surface area contributed by atoms with Crippen molar-refractivity contribution in [2.24, 2.45) is 0 Å². The first-order valence-corrected chi connectivity index (χ1v) is 8.11. The molecule has 5 heteroatoms. The van der Waals surface area contributed by atoms with Crippen LogP contribution in [-0.4, -0.2) is 24.2 Å². The highest BCUT2D eigenvalue weighted by Gasteiger charge is 2.18. The van der Waals surface area contributed by atoms with Crippen LogP contribution in [-0.2, 0) is 4.79 Å². The highest BCUT2D eigenvalue weighted by atomic mass is 16.3. The first-order chi connectivity index (χ1) is 12.3. The van der Waals surface area contributed by atoms with Crippen molar-refractivity contribution < 1.29 is 9.90 Å². The van der Waals surface area contributed by atoms with Crippen molar-refractivity contribution >= 4 is 5.91 Å². The molecule has 0 unspecified atom stereocenters. The average Bonchev–Trinajstić information content (AvgIpc) is 2.67. The van der Waals surface area contributed by atoms with E-state index in [1.807, 2.05) is 66.7 Å². The predicted molar refractivity (Wildman–Crippen MR) is 96.3 cm³/mol. The second-order valence-electron chi connectivity index (χ2n) is 5.43. The monoisotopic (exact) mass is 335 g/mol. The van der Waals surface area contributed by atoms with E-state index in [9.17, 15) is 10.1 Å². The number of carbonyl (C=O) groups is 1. The van der Waals surface area contributed by atoms with E-state index in [4.69, 9.17) is 5.11 Å². The molecule has 128 valence electrons. The number of carbonyl (C=O) groups excluding carboxylic acids is 1. The number of nitrogens with zero attached hydrogens (tertiary/aromatic N) is 1. The summed E-state index contributed by atoms with van der Waals surface area (Å²) in [5.74, 6) is -0.447. The molecule has 0 aliphatic carbocycles. The first kappa shape index (κ1) is 18.2. The lowest BCUT2D eigenvalue weighted by atomic mass is 9.98. The van der Waals surface area contributed by atoms with Crippen molar-refractivity contribution in [1.29, 1.82) is 5.26 Å². The smallest absolute Gasteiger partial charge is 0.264 e. The molecule has 0 saturated heterocycles. The summed E-state index contributed by atoms with van der Waals surface area (Å²) in [6.45, 7) is 0.550. The van der Waals surface area contributed by atoms with Crippen molar-refractivity contribution in [2.45, 2.75) is 12.5 Å². The topological polar surface area (TPSA) is 85.2 Å². The van der Waals surface area contributed by atoms with Gasteiger partial charge in [-0.15, -0.1) is 0 Å². The third kappa shape index (κ3) is 5.48. The number of benzene rings is 2. The summed E-state index contributed by atoms with van der Waals surface area (Å²) in [5.41, 5.74) is 1.87. The van der Waals surface area contributed by atoms with Gasteiger partial charge in [0.15, 0.2) is 0 Å². The maximum Gasteiger partial charge on any atom is 0.264 e. The van der Waals surface area contributed by atoms with Gasteiger partial charge in [-0.05, 0) is 17.5 Å². The molecule has 0 heterocycles. The van der Waals surface area contributed by atoms with E-state index in [1.165, 1.54) is 6.20 Å². The van der Waals surface area contributed by atoms with E-state index < -0.39 is 5.91 Å². The summed E-state index contributed by atoms with van der Waals surface area (Å²) < 4.78 is 0. The summed E-state index contributed by atoms with van der Waals surface area (Å²) in [5, 5.41) is 23.8. The SMILES string of the molecule is N#C/C(=C/NCCCO)C(=O)NC(c1ccccc1)c1ccccc1. The fraction of sp³-hybridized carbons (Fsp3) is 0.200. The van der Waals surface area contributed by atoms with Crippen LogP contribution in [0.15, 0.2) is 72.4 Å². The quantitative estimate of drug-likeness (QED) is 0.392. The zero-order valence-electron chi connectivity index (χ0n) is 13.9. The van der Waals surface area contributed by atoms with Crippen molar-refractivity contribution in [3.8, 4) is 6.07 Å². The third-order valence-corrected chi connectivity index (χ3v) is 3.63. The van der Waals surface area contributed by atoms with Crippen LogP contribution < -0.4 is 10.6 Å². The van der Waals surface area contributed by atoms with Gasteiger partial charge < -0.3 is 15.7 Å². The largest absolute Gasteiger partial charge is 0.396 e. The Balaban J connectivity index is 2.19. The molecule has 0 saturated carbocycles. The van der Waals surface area contributed by atoms with E-state index in [0.717, 1.165) is 11.1 Å². The molecule has 0 aromatic heterocycles. The van der Waals surface area contributed by atoms with Crippen LogP contribution in [0.4, 0.5) is 0 Å². The number of aliphatic hydroxyl groups excluding tert-OH is 1. The number of nitriles is 1. The van der Waals surface area contributed by atoms with Crippen LogP contribution in [0.2, 0.25) is 0 Å². The van der Waals surface area contributed by atoms with Gasteiger partial charge >= 0.3 is 0 Å². The van der Waals surface area contributed by atoms with E-state index in [1.54, 1.807) is 0 Å². The predicted octanol–water partition coefficient (Wildman–Crippen LogP) is 2.27. The minimum absolute atomic E-state index is 0.00481. The van der Waals surface area contributed by atoms with E-state index >= 15 is 0 Å². The van der Waals surface area contributed by atoms with Gasteiger partial charge in [0.25, 0.3) is 5.91 Å². The van der Waals surface area contributed by atoms with Crippen LogP contribution in [0.3, 0.4) is 0 Å². The number of hydrogen-bond acceptors (Lipinski definition) is 4.